The van der Waals surface area contributed by atoms with E-state index in [-0.39, 0.29) is 0 Å². The lowest BCUT2D eigenvalue weighted by atomic mass is 10.0. The fourth-order valence-electron chi connectivity index (χ4n) is 4.08. The third-order valence-electron chi connectivity index (χ3n) is 5.66. The fourth-order valence-corrected chi connectivity index (χ4v) is 4.08. The van der Waals surface area contributed by atoms with Crippen LogP contribution >= 0.6 is 0 Å². The molecule has 5 nitrogen and oxygen atoms in total. The van der Waals surface area contributed by atoms with Gasteiger partial charge in [0.1, 0.15) is 0 Å². The fraction of sp³-hybridized carbons (Fsp3) is 0.375. The van der Waals surface area contributed by atoms with Gasteiger partial charge in [-0.25, -0.2) is 4.98 Å². The second-order valence-corrected chi connectivity index (χ2v) is 7.74. The topological polar surface area (TPSA) is 50.1 Å². The summed E-state index contributed by atoms with van der Waals surface area (Å²) in [4.78, 5) is 18.8. The average molecular weight is 388 g/mol. The molecule has 148 valence electrons. The summed E-state index contributed by atoms with van der Waals surface area (Å²) < 4.78 is 0. The molecule has 2 aromatic rings. The molecule has 29 heavy (non-hydrogen) atoms. The Bertz CT molecular complexity index is 941. The van der Waals surface area contributed by atoms with E-state index in [9.17, 15) is 4.91 Å². The normalized spacial score (nSPS) is 17.0. The molecule has 0 atom stereocenters. The maximum absolute atomic E-state index is 11.0. The lowest BCUT2D eigenvalue weighted by Crippen LogP contribution is -2.34. The van der Waals surface area contributed by atoms with Gasteiger partial charge < -0.3 is 0 Å². The number of likely N-dealkylation sites (tertiary alicyclic amines) is 1. The van der Waals surface area contributed by atoms with Crippen molar-refractivity contribution in [1.82, 2.24) is 4.90 Å². The second-order valence-electron chi connectivity index (χ2n) is 7.74. The van der Waals surface area contributed by atoms with Gasteiger partial charge in [-0.3, -0.25) is 9.80 Å². The summed E-state index contributed by atoms with van der Waals surface area (Å²) in [5, 5.41) is 3.12. The molecular weight excluding hydrogens is 360 g/mol. The van der Waals surface area contributed by atoms with Crippen LogP contribution in [-0.2, 0) is 6.54 Å². The Morgan fingerprint density at radius 2 is 1.90 bits per heavy atom. The Labute approximate surface area is 172 Å². The molecule has 0 aliphatic carbocycles. The summed E-state index contributed by atoms with van der Waals surface area (Å²) >= 11 is 0. The molecule has 2 fully saturated rings. The summed E-state index contributed by atoms with van der Waals surface area (Å²) in [5.41, 5.74) is 4.25. The molecule has 0 amide bonds. The van der Waals surface area contributed by atoms with Crippen molar-refractivity contribution in [2.24, 2.45) is 5.18 Å². The summed E-state index contributed by atoms with van der Waals surface area (Å²) in [6.45, 7) is 5.18. The lowest BCUT2D eigenvalue weighted by molar-refractivity contribution is -0.363. The van der Waals surface area contributed by atoms with Crippen LogP contribution in [0.3, 0.4) is 0 Å². The van der Waals surface area contributed by atoms with Crippen molar-refractivity contribution >= 4 is 11.5 Å². The number of rotatable bonds is 4. The van der Waals surface area contributed by atoms with Gasteiger partial charge in [0.05, 0.1) is 19.3 Å². The number of piperidine rings is 1. The number of aromatic nitrogens is 1. The number of nitrogens with zero attached hydrogens (tertiary/aromatic N) is 3. The molecule has 1 aromatic carbocycles. The van der Waals surface area contributed by atoms with E-state index in [1.807, 2.05) is 6.20 Å². The standard InChI is InChI=1S/C24H26N4O/c29-26-23-10-5-13-25-24(23)28-16-11-20(12-17-28)6-3-7-21-8-4-9-22(18-21)19-27-14-1-2-15-27/h4-6,8-10,13,18H,1-2,11-12,14-17,19H2/p+1. The van der Waals surface area contributed by atoms with E-state index < -0.39 is 0 Å². The molecule has 1 N–H and O–H groups in total. The molecule has 0 bridgehead atoms. The van der Waals surface area contributed by atoms with Crippen molar-refractivity contribution in [2.45, 2.75) is 32.2 Å². The van der Waals surface area contributed by atoms with E-state index in [0.29, 0.717) is 5.69 Å². The van der Waals surface area contributed by atoms with Gasteiger partial charge in [0, 0.05) is 24.9 Å². The van der Waals surface area contributed by atoms with Crippen LogP contribution < -0.4 is 9.88 Å². The summed E-state index contributed by atoms with van der Waals surface area (Å²) in [5.74, 6) is 7.35. The molecule has 0 saturated carbocycles. The van der Waals surface area contributed by atoms with E-state index in [1.54, 1.807) is 12.1 Å². The molecule has 2 saturated heterocycles. The first-order chi connectivity index (χ1) is 14.3. The number of allylic oxidation sites excluding steroid dienone is 1. The SMILES string of the molecule is O=Nc1ccc[nH+]c1N1CCC(=CC#Cc2cccc(CN3CCCC3)c2)CC1. The van der Waals surface area contributed by atoms with Gasteiger partial charge in [0.25, 0.3) is 0 Å². The number of nitrogens with one attached hydrogen (secondary N) is 1. The van der Waals surface area contributed by atoms with Crippen LogP contribution in [0, 0.1) is 16.7 Å². The first-order valence-corrected chi connectivity index (χ1v) is 10.4. The number of anilines is 1. The van der Waals surface area contributed by atoms with Crippen LogP contribution in [0.4, 0.5) is 11.5 Å². The van der Waals surface area contributed by atoms with Gasteiger partial charge in [-0.1, -0.05) is 29.5 Å². The maximum Gasteiger partial charge on any atom is 0.304 e. The number of aromatic amines is 1. The maximum atomic E-state index is 11.0. The number of nitroso groups, excluding NO2 is 1. The van der Waals surface area contributed by atoms with Crippen LogP contribution in [0.1, 0.15) is 36.8 Å². The molecular formula is C24H27N4O+. The number of pyridine rings is 1. The minimum absolute atomic E-state index is 0.466. The Hall–Kier alpha value is -2.97. The summed E-state index contributed by atoms with van der Waals surface area (Å²) in [6.07, 6.45) is 8.44. The third kappa shape index (κ3) is 5.10. The Morgan fingerprint density at radius 3 is 2.69 bits per heavy atom. The van der Waals surface area contributed by atoms with E-state index in [2.05, 4.69) is 62.1 Å². The number of H-pyrrole nitrogens is 1. The molecule has 5 heteroatoms. The van der Waals surface area contributed by atoms with Crippen molar-refractivity contribution in [3.8, 4) is 11.8 Å². The Balaban J connectivity index is 1.35. The van der Waals surface area contributed by atoms with Crippen LogP contribution in [0.25, 0.3) is 0 Å². The summed E-state index contributed by atoms with van der Waals surface area (Å²) in [7, 11) is 0. The highest BCUT2D eigenvalue weighted by Crippen LogP contribution is 2.27. The molecule has 3 heterocycles. The smallest absolute Gasteiger partial charge is 0.299 e. The molecule has 2 aliphatic heterocycles. The Morgan fingerprint density at radius 1 is 1.07 bits per heavy atom. The second kappa shape index (κ2) is 9.49. The van der Waals surface area contributed by atoms with Gasteiger partial charge in [0.15, 0.2) is 5.69 Å². The average Bonchev–Trinajstić information content (AvgIpc) is 3.27. The number of hydrogen-bond donors (Lipinski definition) is 0. The summed E-state index contributed by atoms with van der Waals surface area (Å²) in [6, 6.07) is 12.1. The minimum Gasteiger partial charge on any atom is -0.299 e. The zero-order chi connectivity index (χ0) is 19.9. The van der Waals surface area contributed by atoms with Gasteiger partial charge in [-0.15, -0.1) is 4.91 Å². The van der Waals surface area contributed by atoms with E-state index in [0.717, 1.165) is 43.9 Å². The molecule has 0 spiro atoms. The number of benzene rings is 1. The first kappa shape index (κ1) is 19.4. The molecule has 4 rings (SSSR count). The van der Waals surface area contributed by atoms with E-state index in [4.69, 9.17) is 0 Å². The van der Waals surface area contributed by atoms with Crippen LogP contribution in [0.15, 0.2) is 59.4 Å². The molecule has 0 unspecified atom stereocenters. The van der Waals surface area contributed by atoms with Crippen molar-refractivity contribution in [2.75, 3.05) is 31.1 Å². The zero-order valence-corrected chi connectivity index (χ0v) is 16.7. The van der Waals surface area contributed by atoms with Crippen LogP contribution in [-0.4, -0.2) is 31.1 Å². The van der Waals surface area contributed by atoms with Crippen LogP contribution in [0.2, 0.25) is 0 Å². The highest BCUT2D eigenvalue weighted by Gasteiger charge is 2.24. The van der Waals surface area contributed by atoms with Gasteiger partial charge in [-0.05, 0) is 67.0 Å². The van der Waals surface area contributed by atoms with Crippen molar-refractivity contribution in [3.05, 3.63) is 70.3 Å². The third-order valence-corrected chi connectivity index (χ3v) is 5.66. The zero-order valence-electron chi connectivity index (χ0n) is 16.7. The predicted molar refractivity (Wildman–Crippen MR) is 116 cm³/mol. The highest BCUT2D eigenvalue weighted by molar-refractivity contribution is 5.58. The van der Waals surface area contributed by atoms with Crippen molar-refractivity contribution in [1.29, 1.82) is 0 Å². The van der Waals surface area contributed by atoms with Crippen molar-refractivity contribution in [3.63, 3.8) is 0 Å². The largest absolute Gasteiger partial charge is 0.304 e. The van der Waals surface area contributed by atoms with Gasteiger partial charge in [0.2, 0.25) is 0 Å². The highest BCUT2D eigenvalue weighted by atomic mass is 16.3. The van der Waals surface area contributed by atoms with Gasteiger partial charge >= 0.3 is 5.82 Å². The monoisotopic (exact) mass is 387 g/mol. The quantitative estimate of drug-likeness (QED) is 0.587. The lowest BCUT2D eigenvalue weighted by Gasteiger charge is -2.23. The van der Waals surface area contributed by atoms with E-state index in [1.165, 1.54) is 37.1 Å². The van der Waals surface area contributed by atoms with Gasteiger partial charge in [-0.2, -0.15) is 0 Å². The van der Waals surface area contributed by atoms with Crippen molar-refractivity contribution < 1.29 is 4.98 Å². The van der Waals surface area contributed by atoms with E-state index >= 15 is 0 Å². The van der Waals surface area contributed by atoms with Crippen LogP contribution in [0.5, 0.6) is 0 Å². The first-order valence-electron chi connectivity index (χ1n) is 10.4. The molecule has 2 aliphatic rings. The minimum atomic E-state index is 0.466. The predicted octanol–water partition coefficient (Wildman–Crippen LogP) is 4.07. The Kier molecular flexibility index (Phi) is 6.33. The number of hydrogen-bond acceptors (Lipinski definition) is 4. The molecule has 1 aromatic heterocycles. The molecule has 0 radical (unpaired) electrons.